The first-order chi connectivity index (χ1) is 8.02. The summed E-state index contributed by atoms with van der Waals surface area (Å²) in [5, 5.41) is 0. The van der Waals surface area contributed by atoms with Crippen LogP contribution in [0.25, 0.3) is 0 Å². The number of benzene rings is 1. The van der Waals surface area contributed by atoms with E-state index >= 15 is 0 Å². The van der Waals surface area contributed by atoms with Crippen molar-refractivity contribution in [3.63, 3.8) is 0 Å². The van der Waals surface area contributed by atoms with Crippen molar-refractivity contribution >= 4 is 9.84 Å². The average molecular weight is 280 g/mol. The number of alkyl halides is 3. The third-order valence-electron chi connectivity index (χ3n) is 3.07. The summed E-state index contributed by atoms with van der Waals surface area (Å²) in [5.41, 5.74) is -0.851. The highest BCUT2D eigenvalue weighted by atomic mass is 32.2. The highest BCUT2D eigenvalue weighted by molar-refractivity contribution is 7.92. The molecule has 0 saturated carbocycles. The minimum atomic E-state index is -4.46. The minimum Gasteiger partial charge on any atom is -0.223 e. The van der Waals surface area contributed by atoms with Gasteiger partial charge >= 0.3 is 6.18 Å². The highest BCUT2D eigenvalue weighted by Crippen LogP contribution is 2.32. The van der Waals surface area contributed by atoms with E-state index in [9.17, 15) is 21.6 Å². The topological polar surface area (TPSA) is 34.1 Å². The Kier molecular flexibility index (Phi) is 3.81. The van der Waals surface area contributed by atoms with E-state index in [1.54, 1.807) is 20.8 Å². The summed E-state index contributed by atoms with van der Waals surface area (Å²) in [6.45, 7) is 4.83. The lowest BCUT2D eigenvalue weighted by Crippen LogP contribution is -2.31. The maximum Gasteiger partial charge on any atom is 0.416 e. The summed E-state index contributed by atoms with van der Waals surface area (Å²) in [5.74, 6) is 0. The molecule has 18 heavy (non-hydrogen) atoms. The molecule has 0 saturated heterocycles. The van der Waals surface area contributed by atoms with Crippen LogP contribution in [0.5, 0.6) is 0 Å². The van der Waals surface area contributed by atoms with Crippen LogP contribution in [-0.2, 0) is 16.0 Å². The van der Waals surface area contributed by atoms with E-state index < -0.39 is 26.3 Å². The SMILES string of the molecule is CCC(C)(C)S(=O)(=O)c1ccc(C(F)(F)F)cc1. The van der Waals surface area contributed by atoms with E-state index in [2.05, 4.69) is 0 Å². The highest BCUT2D eigenvalue weighted by Gasteiger charge is 2.35. The number of hydrogen-bond acceptors (Lipinski definition) is 2. The third-order valence-corrected chi connectivity index (χ3v) is 5.71. The van der Waals surface area contributed by atoms with Gasteiger partial charge in [0.1, 0.15) is 0 Å². The van der Waals surface area contributed by atoms with Crippen molar-refractivity contribution in [1.82, 2.24) is 0 Å². The van der Waals surface area contributed by atoms with E-state index in [1.165, 1.54) is 0 Å². The molecule has 0 aliphatic heterocycles. The van der Waals surface area contributed by atoms with Crippen LogP contribution in [0.2, 0.25) is 0 Å². The molecule has 1 aromatic rings. The average Bonchev–Trinajstić information content (AvgIpc) is 2.27. The molecule has 102 valence electrons. The zero-order chi connectivity index (χ0) is 14.2. The normalized spacial score (nSPS) is 13.7. The minimum absolute atomic E-state index is 0.0812. The van der Waals surface area contributed by atoms with Gasteiger partial charge < -0.3 is 0 Å². The van der Waals surface area contributed by atoms with E-state index in [4.69, 9.17) is 0 Å². The first-order valence-electron chi connectivity index (χ1n) is 5.44. The van der Waals surface area contributed by atoms with Gasteiger partial charge in [0.2, 0.25) is 0 Å². The molecule has 0 bridgehead atoms. The standard InChI is InChI=1S/C12H15F3O2S/c1-4-11(2,3)18(16,17)10-7-5-9(6-8-10)12(13,14)15/h5-8H,4H2,1-3H3. The molecule has 1 rings (SSSR count). The van der Waals surface area contributed by atoms with Gasteiger partial charge in [0.05, 0.1) is 15.2 Å². The van der Waals surface area contributed by atoms with Gasteiger partial charge in [-0.3, -0.25) is 0 Å². The fourth-order valence-electron chi connectivity index (χ4n) is 1.33. The number of rotatable bonds is 3. The van der Waals surface area contributed by atoms with Crippen molar-refractivity contribution < 1.29 is 21.6 Å². The maximum absolute atomic E-state index is 12.4. The molecule has 1 aromatic carbocycles. The zero-order valence-electron chi connectivity index (χ0n) is 10.4. The lowest BCUT2D eigenvalue weighted by molar-refractivity contribution is -0.137. The molecule has 0 radical (unpaired) electrons. The summed E-state index contributed by atoms with van der Waals surface area (Å²) in [7, 11) is -3.62. The number of sulfone groups is 1. The van der Waals surface area contributed by atoms with Crippen LogP contribution >= 0.6 is 0 Å². The fraction of sp³-hybridized carbons (Fsp3) is 0.500. The Morgan fingerprint density at radius 3 is 1.83 bits per heavy atom. The molecule has 0 heterocycles. The fourth-order valence-corrected chi connectivity index (χ4v) is 2.84. The zero-order valence-corrected chi connectivity index (χ0v) is 11.2. The van der Waals surface area contributed by atoms with Gasteiger partial charge in [-0.2, -0.15) is 13.2 Å². The van der Waals surface area contributed by atoms with Crippen molar-refractivity contribution in [3.05, 3.63) is 29.8 Å². The second kappa shape index (κ2) is 4.57. The van der Waals surface area contributed by atoms with E-state index in [1.807, 2.05) is 0 Å². The number of halogens is 3. The van der Waals surface area contributed by atoms with E-state index in [0.29, 0.717) is 6.42 Å². The Morgan fingerprint density at radius 2 is 1.50 bits per heavy atom. The molecule has 0 unspecified atom stereocenters. The lowest BCUT2D eigenvalue weighted by Gasteiger charge is -2.23. The molecule has 0 aliphatic carbocycles. The largest absolute Gasteiger partial charge is 0.416 e. The Morgan fingerprint density at radius 1 is 1.06 bits per heavy atom. The third kappa shape index (κ3) is 2.68. The Labute approximate surface area is 105 Å². The molecule has 0 N–H and O–H groups in total. The summed E-state index contributed by atoms with van der Waals surface area (Å²) < 4.78 is 60.4. The van der Waals surface area contributed by atoms with Crippen LogP contribution in [0.4, 0.5) is 13.2 Å². The Balaban J connectivity index is 3.22. The molecule has 0 spiro atoms. The first kappa shape index (κ1) is 15.0. The summed E-state index contributed by atoms with van der Waals surface area (Å²) in [6, 6.07) is 3.60. The van der Waals surface area contributed by atoms with Gasteiger partial charge in [-0.15, -0.1) is 0 Å². The van der Waals surface area contributed by atoms with Crippen molar-refractivity contribution in [2.24, 2.45) is 0 Å². The van der Waals surface area contributed by atoms with Gasteiger partial charge in [0, 0.05) is 0 Å². The van der Waals surface area contributed by atoms with Gasteiger partial charge in [0.15, 0.2) is 9.84 Å². The van der Waals surface area contributed by atoms with E-state index in [0.717, 1.165) is 24.3 Å². The second-order valence-corrected chi connectivity index (χ2v) is 7.22. The molecule has 0 aromatic heterocycles. The molecular weight excluding hydrogens is 265 g/mol. The molecular formula is C12H15F3O2S. The van der Waals surface area contributed by atoms with Gasteiger partial charge in [-0.1, -0.05) is 6.92 Å². The second-order valence-electron chi connectivity index (χ2n) is 4.64. The van der Waals surface area contributed by atoms with Crippen LogP contribution in [-0.4, -0.2) is 13.2 Å². The Hall–Kier alpha value is -1.04. The predicted octanol–water partition coefficient (Wildman–Crippen LogP) is 3.67. The molecule has 0 aliphatic rings. The molecule has 0 fully saturated rings. The van der Waals surface area contributed by atoms with Crippen molar-refractivity contribution in [1.29, 1.82) is 0 Å². The van der Waals surface area contributed by atoms with E-state index in [-0.39, 0.29) is 4.90 Å². The molecule has 0 amide bonds. The quantitative estimate of drug-likeness (QED) is 0.846. The molecule has 6 heteroatoms. The van der Waals surface area contributed by atoms with Crippen LogP contribution in [0, 0.1) is 0 Å². The predicted molar refractivity (Wildman–Crippen MR) is 63.0 cm³/mol. The van der Waals surface area contributed by atoms with Crippen LogP contribution in [0.3, 0.4) is 0 Å². The van der Waals surface area contributed by atoms with Crippen molar-refractivity contribution in [2.75, 3.05) is 0 Å². The van der Waals surface area contributed by atoms with Crippen LogP contribution in [0.15, 0.2) is 29.2 Å². The van der Waals surface area contributed by atoms with Gasteiger partial charge in [-0.25, -0.2) is 8.42 Å². The maximum atomic E-state index is 12.4. The number of hydrogen-bond donors (Lipinski definition) is 0. The molecule has 2 nitrogen and oxygen atoms in total. The first-order valence-corrected chi connectivity index (χ1v) is 6.92. The lowest BCUT2D eigenvalue weighted by atomic mass is 10.1. The van der Waals surface area contributed by atoms with Gasteiger partial charge in [0.25, 0.3) is 0 Å². The van der Waals surface area contributed by atoms with Crippen LogP contribution < -0.4 is 0 Å². The monoisotopic (exact) mass is 280 g/mol. The summed E-state index contributed by atoms with van der Waals surface area (Å²) >= 11 is 0. The smallest absolute Gasteiger partial charge is 0.223 e. The van der Waals surface area contributed by atoms with Gasteiger partial charge in [-0.05, 0) is 44.5 Å². The summed E-state index contributed by atoms with van der Waals surface area (Å²) in [4.78, 5) is -0.0812. The van der Waals surface area contributed by atoms with Crippen LogP contribution in [0.1, 0.15) is 32.8 Å². The Bertz CT molecular complexity index is 513. The summed E-state index contributed by atoms with van der Waals surface area (Å²) in [6.07, 6.45) is -4.07. The van der Waals surface area contributed by atoms with Crippen molar-refractivity contribution in [3.8, 4) is 0 Å². The van der Waals surface area contributed by atoms with Crippen molar-refractivity contribution in [2.45, 2.75) is 43.0 Å². The molecule has 0 atom stereocenters.